The van der Waals surface area contributed by atoms with E-state index in [1.54, 1.807) is 0 Å². The Morgan fingerprint density at radius 2 is 1.96 bits per heavy atom. The molecule has 5 nitrogen and oxygen atoms in total. The normalized spacial score (nSPS) is 46.3. The van der Waals surface area contributed by atoms with E-state index in [0.717, 1.165) is 19.3 Å². The van der Waals surface area contributed by atoms with Crippen molar-refractivity contribution >= 4 is 11.9 Å². The molecule has 0 aromatic rings. The van der Waals surface area contributed by atoms with Crippen molar-refractivity contribution in [1.82, 2.24) is 0 Å². The first-order valence-electron chi connectivity index (χ1n) is 8.82. The van der Waals surface area contributed by atoms with E-state index in [2.05, 4.69) is 26.8 Å². The maximum Gasteiger partial charge on any atom is 0.303 e. The highest BCUT2D eigenvalue weighted by Crippen LogP contribution is 2.65. The van der Waals surface area contributed by atoms with Crippen LogP contribution in [0, 0.1) is 17.3 Å². The molecule has 1 aliphatic heterocycles. The van der Waals surface area contributed by atoms with Gasteiger partial charge in [0, 0.05) is 25.2 Å². The van der Waals surface area contributed by atoms with Crippen LogP contribution in [-0.4, -0.2) is 35.9 Å². The fourth-order valence-electron chi connectivity index (χ4n) is 5.27. The fourth-order valence-corrected chi connectivity index (χ4v) is 5.27. The highest BCUT2D eigenvalue weighted by Gasteiger charge is 2.66. The van der Waals surface area contributed by atoms with Crippen molar-refractivity contribution < 1.29 is 23.8 Å². The predicted octanol–water partition coefficient (Wildman–Crippen LogP) is 3.02. The van der Waals surface area contributed by atoms with Crippen LogP contribution in [0.4, 0.5) is 0 Å². The van der Waals surface area contributed by atoms with Crippen LogP contribution in [0.25, 0.3) is 0 Å². The third kappa shape index (κ3) is 2.48. The van der Waals surface area contributed by atoms with Gasteiger partial charge in [0.05, 0.1) is 5.60 Å². The summed E-state index contributed by atoms with van der Waals surface area (Å²) in [6.45, 7) is 9.51. The van der Waals surface area contributed by atoms with Crippen LogP contribution < -0.4 is 0 Å². The minimum absolute atomic E-state index is 0.0394. The summed E-state index contributed by atoms with van der Waals surface area (Å²) in [5.41, 5.74) is -0.952. The van der Waals surface area contributed by atoms with Gasteiger partial charge in [-0.05, 0) is 45.1 Å². The van der Waals surface area contributed by atoms with Crippen molar-refractivity contribution in [3.63, 3.8) is 0 Å². The molecule has 0 aromatic heterocycles. The van der Waals surface area contributed by atoms with Gasteiger partial charge in [-0.3, -0.25) is 9.59 Å². The predicted molar refractivity (Wildman–Crippen MR) is 88.2 cm³/mol. The number of carbonyl (C=O) groups excluding carboxylic acids is 2. The van der Waals surface area contributed by atoms with Crippen LogP contribution in [0.2, 0.25) is 0 Å². The minimum Gasteiger partial charge on any atom is -0.463 e. The summed E-state index contributed by atoms with van der Waals surface area (Å²) in [6.07, 6.45) is 6.91. The van der Waals surface area contributed by atoms with Gasteiger partial charge in [0.2, 0.25) is 0 Å². The van der Waals surface area contributed by atoms with E-state index in [-0.39, 0.29) is 36.0 Å². The summed E-state index contributed by atoms with van der Waals surface area (Å²) < 4.78 is 17.4. The molecule has 0 aromatic carbocycles. The van der Waals surface area contributed by atoms with Crippen molar-refractivity contribution in [1.29, 1.82) is 0 Å². The lowest BCUT2D eigenvalue weighted by atomic mass is 9.57. The molecule has 1 spiro atoms. The lowest BCUT2D eigenvalue weighted by Gasteiger charge is -2.59. The van der Waals surface area contributed by atoms with Crippen LogP contribution in [0.15, 0.2) is 12.2 Å². The summed E-state index contributed by atoms with van der Waals surface area (Å²) in [6, 6.07) is 0. The number of ether oxygens (including phenoxy) is 3. The van der Waals surface area contributed by atoms with Gasteiger partial charge in [0.15, 0.2) is 0 Å². The number of hydrogen-bond donors (Lipinski definition) is 0. The zero-order valence-electron chi connectivity index (χ0n) is 15.3. The molecule has 1 saturated heterocycles. The second-order valence-corrected chi connectivity index (χ2v) is 8.12. The smallest absolute Gasteiger partial charge is 0.303 e. The number of rotatable bonds is 3. The second-order valence-electron chi connectivity index (χ2n) is 8.12. The summed E-state index contributed by atoms with van der Waals surface area (Å²) in [5, 5.41) is 0. The second kappa shape index (κ2) is 5.58. The summed E-state index contributed by atoms with van der Waals surface area (Å²) in [4.78, 5) is 22.7. The quantitative estimate of drug-likeness (QED) is 0.585. The molecule has 3 rings (SSSR count). The molecular weight excluding hydrogens is 308 g/mol. The Labute approximate surface area is 143 Å². The summed E-state index contributed by atoms with van der Waals surface area (Å²) in [7, 11) is 0. The van der Waals surface area contributed by atoms with Crippen molar-refractivity contribution in [2.75, 3.05) is 6.61 Å². The summed E-state index contributed by atoms with van der Waals surface area (Å²) >= 11 is 0. The number of carbonyl (C=O) groups is 2. The standard InChI is InChI=1S/C19H28O5/c1-12-16(23-14(3)21)7-8-18(5)19(12)9-6-15(10-19)17(4,24-18)11-22-13(2)20/h7-8,12,15-16H,6,9-11H2,1-5H3/t12-,15+,16+,17-,18+,19-/m0/s1. The van der Waals surface area contributed by atoms with Gasteiger partial charge in [0.1, 0.15) is 18.3 Å². The zero-order chi connectivity index (χ0) is 17.8. The van der Waals surface area contributed by atoms with E-state index in [9.17, 15) is 9.59 Å². The molecule has 5 heteroatoms. The molecule has 24 heavy (non-hydrogen) atoms. The Balaban J connectivity index is 1.91. The Bertz CT molecular complexity index is 584. The average Bonchev–Trinajstić information content (AvgIpc) is 2.91. The Hall–Kier alpha value is -1.36. The van der Waals surface area contributed by atoms with Crippen LogP contribution >= 0.6 is 0 Å². The fraction of sp³-hybridized carbons (Fsp3) is 0.789. The molecule has 2 bridgehead atoms. The number of hydrogen-bond acceptors (Lipinski definition) is 5. The van der Waals surface area contributed by atoms with E-state index in [1.807, 2.05) is 6.08 Å². The summed E-state index contributed by atoms with van der Waals surface area (Å²) in [5.74, 6) is 0.0151. The number of fused-ring (bicyclic) bond motifs is 1. The lowest BCUT2D eigenvalue weighted by Crippen LogP contribution is -2.63. The van der Waals surface area contributed by atoms with Crippen molar-refractivity contribution in [2.45, 2.75) is 71.2 Å². The van der Waals surface area contributed by atoms with Gasteiger partial charge in [-0.25, -0.2) is 0 Å². The minimum atomic E-state index is -0.473. The molecule has 3 aliphatic rings. The first-order chi connectivity index (χ1) is 11.1. The third-order valence-electron chi connectivity index (χ3n) is 6.68. The van der Waals surface area contributed by atoms with Crippen LogP contribution in [0.3, 0.4) is 0 Å². The Morgan fingerprint density at radius 1 is 1.25 bits per heavy atom. The molecule has 0 radical (unpaired) electrons. The van der Waals surface area contributed by atoms with E-state index < -0.39 is 11.2 Å². The maximum atomic E-state index is 11.4. The van der Waals surface area contributed by atoms with Crippen molar-refractivity contribution in [2.24, 2.45) is 17.3 Å². The zero-order valence-corrected chi connectivity index (χ0v) is 15.3. The first kappa shape index (κ1) is 17.5. The SMILES string of the molecule is CC(=O)OC[C@]1(C)O[C@]2(C)C=C[C@@H](OC(C)=O)[C@H](C)[C@@]23CC[C@@H]1C3. The van der Waals surface area contributed by atoms with Crippen molar-refractivity contribution in [3.05, 3.63) is 12.2 Å². The molecule has 6 atom stereocenters. The van der Waals surface area contributed by atoms with Gasteiger partial charge in [-0.2, -0.15) is 0 Å². The molecule has 0 unspecified atom stereocenters. The van der Waals surface area contributed by atoms with E-state index in [4.69, 9.17) is 14.2 Å². The molecule has 2 aliphatic carbocycles. The van der Waals surface area contributed by atoms with E-state index in [0.29, 0.717) is 5.92 Å². The first-order valence-corrected chi connectivity index (χ1v) is 8.82. The third-order valence-corrected chi connectivity index (χ3v) is 6.68. The van der Waals surface area contributed by atoms with Crippen LogP contribution in [0.5, 0.6) is 0 Å². The van der Waals surface area contributed by atoms with Gasteiger partial charge >= 0.3 is 11.9 Å². The molecule has 1 saturated carbocycles. The molecule has 0 amide bonds. The highest BCUT2D eigenvalue weighted by molar-refractivity contribution is 5.66. The Kier molecular flexibility index (Phi) is 4.06. The number of esters is 2. The Morgan fingerprint density at radius 3 is 2.58 bits per heavy atom. The molecule has 134 valence electrons. The molecule has 1 heterocycles. The lowest BCUT2D eigenvalue weighted by molar-refractivity contribution is -0.255. The van der Waals surface area contributed by atoms with Crippen molar-refractivity contribution in [3.8, 4) is 0 Å². The van der Waals surface area contributed by atoms with E-state index in [1.165, 1.54) is 13.8 Å². The van der Waals surface area contributed by atoms with Gasteiger partial charge in [-0.15, -0.1) is 0 Å². The maximum absolute atomic E-state index is 11.4. The van der Waals surface area contributed by atoms with Gasteiger partial charge < -0.3 is 14.2 Å². The van der Waals surface area contributed by atoms with Gasteiger partial charge in [-0.1, -0.05) is 13.0 Å². The molecular formula is C19H28O5. The van der Waals surface area contributed by atoms with Crippen LogP contribution in [0.1, 0.15) is 53.9 Å². The monoisotopic (exact) mass is 336 g/mol. The average molecular weight is 336 g/mol. The van der Waals surface area contributed by atoms with Gasteiger partial charge in [0.25, 0.3) is 0 Å². The largest absolute Gasteiger partial charge is 0.463 e. The van der Waals surface area contributed by atoms with E-state index >= 15 is 0 Å². The molecule has 0 N–H and O–H groups in total. The molecule has 2 fully saturated rings. The topological polar surface area (TPSA) is 61.8 Å². The highest BCUT2D eigenvalue weighted by atomic mass is 16.6. The van der Waals surface area contributed by atoms with Crippen LogP contribution in [-0.2, 0) is 23.8 Å².